The third kappa shape index (κ3) is 4.41. The number of rotatable bonds is 8. The summed E-state index contributed by atoms with van der Waals surface area (Å²) in [6.45, 7) is 2.14. The second-order valence-corrected chi connectivity index (χ2v) is 3.15. The van der Waals surface area contributed by atoms with Crippen LogP contribution < -0.4 is 15.6 Å². The van der Waals surface area contributed by atoms with Crippen molar-refractivity contribution >= 4 is 5.82 Å². The van der Waals surface area contributed by atoms with Crippen molar-refractivity contribution in [1.82, 2.24) is 9.97 Å². The molecule has 0 unspecified atom stereocenters. The molecule has 1 rings (SSSR count). The zero-order valence-electron chi connectivity index (χ0n) is 9.99. The van der Waals surface area contributed by atoms with Crippen molar-refractivity contribution in [3.8, 4) is 5.75 Å². The molecular weight excluding hydrogens is 226 g/mol. The lowest BCUT2D eigenvalue weighted by Crippen LogP contribution is -2.17. The second-order valence-electron chi connectivity index (χ2n) is 3.15. The van der Waals surface area contributed by atoms with Crippen LogP contribution in [0.5, 0.6) is 5.75 Å². The van der Waals surface area contributed by atoms with Crippen LogP contribution in [0.15, 0.2) is 11.1 Å². The number of ether oxygens (including phenoxy) is 3. The molecule has 1 heterocycles. The number of methoxy groups -OCH3 is 2. The first-order chi connectivity index (χ1) is 8.29. The van der Waals surface area contributed by atoms with E-state index in [1.165, 1.54) is 13.4 Å². The summed E-state index contributed by atoms with van der Waals surface area (Å²) < 4.78 is 15.0. The highest BCUT2D eigenvalue weighted by Crippen LogP contribution is 2.13. The van der Waals surface area contributed by atoms with E-state index in [4.69, 9.17) is 14.2 Å². The number of nitrogens with one attached hydrogen (secondary N) is 2. The van der Waals surface area contributed by atoms with Crippen LogP contribution in [-0.4, -0.2) is 50.6 Å². The van der Waals surface area contributed by atoms with Crippen LogP contribution in [0.3, 0.4) is 0 Å². The summed E-state index contributed by atoms with van der Waals surface area (Å²) in [4.78, 5) is 17.7. The van der Waals surface area contributed by atoms with E-state index in [-0.39, 0.29) is 11.3 Å². The van der Waals surface area contributed by atoms with Gasteiger partial charge in [-0.05, 0) is 0 Å². The summed E-state index contributed by atoms with van der Waals surface area (Å²) in [5, 5.41) is 2.96. The molecule has 17 heavy (non-hydrogen) atoms. The molecule has 7 nitrogen and oxygen atoms in total. The lowest BCUT2D eigenvalue weighted by Gasteiger charge is -2.08. The van der Waals surface area contributed by atoms with Gasteiger partial charge in [-0.25, -0.2) is 4.98 Å². The van der Waals surface area contributed by atoms with Gasteiger partial charge >= 0.3 is 0 Å². The number of aromatic nitrogens is 2. The normalized spacial score (nSPS) is 10.2. The minimum Gasteiger partial charge on any atom is -0.489 e. The zero-order chi connectivity index (χ0) is 12.5. The van der Waals surface area contributed by atoms with Gasteiger partial charge in [-0.3, -0.25) is 4.79 Å². The summed E-state index contributed by atoms with van der Waals surface area (Å²) in [6.07, 6.45) is 1.32. The Morgan fingerprint density at radius 3 is 2.88 bits per heavy atom. The molecule has 0 aliphatic carbocycles. The Balaban J connectivity index is 2.36. The van der Waals surface area contributed by atoms with Crippen molar-refractivity contribution in [2.75, 3.05) is 45.9 Å². The van der Waals surface area contributed by atoms with Crippen molar-refractivity contribution in [3.63, 3.8) is 0 Å². The molecule has 0 aromatic carbocycles. The lowest BCUT2D eigenvalue weighted by molar-refractivity contribution is 0.0759. The maximum absolute atomic E-state index is 11.3. The largest absolute Gasteiger partial charge is 0.489 e. The Hall–Kier alpha value is -1.60. The first kappa shape index (κ1) is 13.5. The Morgan fingerprint density at radius 2 is 2.18 bits per heavy atom. The zero-order valence-corrected chi connectivity index (χ0v) is 9.99. The Labute approximate surface area is 99.1 Å². The molecule has 1 aromatic rings. The minimum absolute atomic E-state index is 0.171. The highest BCUT2D eigenvalue weighted by atomic mass is 16.5. The van der Waals surface area contributed by atoms with Crippen LogP contribution in [-0.2, 0) is 9.47 Å². The lowest BCUT2D eigenvalue weighted by atomic mass is 10.5. The van der Waals surface area contributed by atoms with E-state index in [2.05, 4.69) is 15.3 Å². The van der Waals surface area contributed by atoms with Crippen LogP contribution in [0, 0.1) is 0 Å². The Kier molecular flexibility index (Phi) is 6.05. The molecule has 0 atom stereocenters. The van der Waals surface area contributed by atoms with E-state index >= 15 is 0 Å². The van der Waals surface area contributed by atoms with Gasteiger partial charge in [0, 0.05) is 13.7 Å². The molecule has 7 heteroatoms. The average molecular weight is 243 g/mol. The molecule has 2 N–H and O–H groups in total. The molecule has 0 fully saturated rings. The van der Waals surface area contributed by atoms with E-state index in [9.17, 15) is 4.79 Å². The standard InChI is InChI=1S/C10H17N3O4/c1-15-5-6-17-4-3-11-9-8(16-2)10(14)13-7-12-9/h7H,3-6H2,1-2H3,(H2,11,12,13,14). The first-order valence-electron chi connectivity index (χ1n) is 5.21. The van der Waals surface area contributed by atoms with Crippen molar-refractivity contribution in [1.29, 1.82) is 0 Å². The van der Waals surface area contributed by atoms with Crippen LogP contribution >= 0.6 is 0 Å². The van der Waals surface area contributed by atoms with Crippen LogP contribution in [0.25, 0.3) is 0 Å². The van der Waals surface area contributed by atoms with Crippen molar-refractivity contribution in [2.24, 2.45) is 0 Å². The third-order valence-electron chi connectivity index (χ3n) is 1.99. The molecule has 0 saturated carbocycles. The summed E-state index contributed by atoms with van der Waals surface area (Å²) in [5.74, 6) is 0.580. The molecule has 0 saturated heterocycles. The third-order valence-corrected chi connectivity index (χ3v) is 1.99. The van der Waals surface area contributed by atoms with Gasteiger partial charge in [-0.1, -0.05) is 0 Å². The summed E-state index contributed by atoms with van der Waals surface area (Å²) in [5.41, 5.74) is -0.315. The highest BCUT2D eigenvalue weighted by molar-refractivity contribution is 5.47. The van der Waals surface area contributed by atoms with Crippen LogP contribution in [0.4, 0.5) is 5.82 Å². The van der Waals surface area contributed by atoms with Crippen LogP contribution in [0.1, 0.15) is 0 Å². The number of H-pyrrole nitrogens is 1. The minimum atomic E-state index is -0.315. The van der Waals surface area contributed by atoms with Crippen molar-refractivity contribution < 1.29 is 14.2 Å². The van der Waals surface area contributed by atoms with E-state index in [0.717, 1.165) is 0 Å². The molecule has 0 bridgehead atoms. The number of hydrogen-bond donors (Lipinski definition) is 2. The maximum Gasteiger partial charge on any atom is 0.295 e. The fraction of sp³-hybridized carbons (Fsp3) is 0.600. The monoisotopic (exact) mass is 243 g/mol. The van der Waals surface area contributed by atoms with Crippen LogP contribution in [0.2, 0.25) is 0 Å². The summed E-state index contributed by atoms with van der Waals surface area (Å²) >= 11 is 0. The Morgan fingerprint density at radius 1 is 1.35 bits per heavy atom. The van der Waals surface area contributed by atoms with E-state index in [1.807, 2.05) is 0 Å². The molecule has 96 valence electrons. The molecule has 0 radical (unpaired) electrons. The summed E-state index contributed by atoms with van der Waals surface area (Å²) in [6, 6.07) is 0. The number of aromatic amines is 1. The quantitative estimate of drug-likeness (QED) is 0.618. The summed E-state index contributed by atoms with van der Waals surface area (Å²) in [7, 11) is 3.04. The number of anilines is 1. The maximum atomic E-state index is 11.3. The average Bonchev–Trinajstić information content (AvgIpc) is 2.34. The van der Waals surface area contributed by atoms with Gasteiger partial charge in [0.1, 0.15) is 0 Å². The molecule has 0 amide bonds. The van der Waals surface area contributed by atoms with Gasteiger partial charge < -0.3 is 24.5 Å². The van der Waals surface area contributed by atoms with E-state index in [1.54, 1.807) is 7.11 Å². The SMILES string of the molecule is COCCOCCNc1nc[nH]c(=O)c1OC. The van der Waals surface area contributed by atoms with Gasteiger partial charge in [0.2, 0.25) is 5.75 Å². The van der Waals surface area contributed by atoms with E-state index < -0.39 is 0 Å². The van der Waals surface area contributed by atoms with Gasteiger partial charge in [-0.2, -0.15) is 0 Å². The second kappa shape index (κ2) is 7.64. The first-order valence-corrected chi connectivity index (χ1v) is 5.21. The molecule has 1 aromatic heterocycles. The van der Waals surface area contributed by atoms with Gasteiger partial charge in [0.15, 0.2) is 5.82 Å². The van der Waals surface area contributed by atoms with Crippen molar-refractivity contribution in [3.05, 3.63) is 16.7 Å². The molecule has 0 aliphatic rings. The van der Waals surface area contributed by atoms with Gasteiger partial charge in [-0.15, -0.1) is 0 Å². The Bertz CT molecular complexity index is 380. The van der Waals surface area contributed by atoms with E-state index in [0.29, 0.717) is 32.2 Å². The van der Waals surface area contributed by atoms with Crippen molar-refractivity contribution in [2.45, 2.75) is 0 Å². The molecular formula is C10H17N3O4. The van der Waals surface area contributed by atoms with Gasteiger partial charge in [0.25, 0.3) is 5.56 Å². The number of nitrogens with zero attached hydrogens (tertiary/aromatic N) is 1. The predicted octanol–water partition coefficient (Wildman–Crippen LogP) is -0.147. The topological polar surface area (TPSA) is 85.5 Å². The fourth-order valence-corrected chi connectivity index (χ4v) is 1.19. The predicted molar refractivity (Wildman–Crippen MR) is 62.6 cm³/mol. The number of hydrogen-bond acceptors (Lipinski definition) is 6. The highest BCUT2D eigenvalue weighted by Gasteiger charge is 2.07. The molecule has 0 spiro atoms. The molecule has 0 aliphatic heterocycles. The fourth-order valence-electron chi connectivity index (χ4n) is 1.19. The van der Waals surface area contributed by atoms with Gasteiger partial charge in [0.05, 0.1) is 33.3 Å². The smallest absolute Gasteiger partial charge is 0.295 e.